The molecule has 0 radical (unpaired) electrons. The molecule has 7 rings (SSSR count). The Bertz CT molecular complexity index is 2200. The molecule has 6 aromatic rings. The van der Waals surface area contributed by atoms with Crippen molar-refractivity contribution in [3.63, 3.8) is 0 Å². The van der Waals surface area contributed by atoms with E-state index in [2.05, 4.69) is 149 Å². The zero-order valence-electron chi connectivity index (χ0n) is 28.2. The van der Waals surface area contributed by atoms with Crippen LogP contribution in [0.1, 0.15) is 52.8 Å². The monoisotopic (exact) mass is 620 g/mol. The fourth-order valence-corrected chi connectivity index (χ4v) is 7.03. The van der Waals surface area contributed by atoms with Crippen molar-refractivity contribution in [2.45, 2.75) is 39.7 Å². The third-order valence-electron chi connectivity index (χ3n) is 9.74. The quantitative estimate of drug-likeness (QED) is 0.151. The van der Waals surface area contributed by atoms with Gasteiger partial charge in [0.15, 0.2) is 0 Å². The van der Waals surface area contributed by atoms with Gasteiger partial charge in [-0.3, -0.25) is 9.98 Å². The molecule has 0 spiro atoms. The first-order valence-electron chi connectivity index (χ1n) is 16.6. The van der Waals surface area contributed by atoms with Crippen LogP contribution in [-0.4, -0.2) is 12.4 Å². The molecule has 2 nitrogen and oxygen atoms in total. The average molecular weight is 621 g/mol. The predicted octanol–water partition coefficient (Wildman–Crippen LogP) is 11.7. The third-order valence-corrected chi connectivity index (χ3v) is 9.74. The van der Waals surface area contributed by atoms with Gasteiger partial charge < -0.3 is 0 Å². The minimum absolute atomic E-state index is 0.0103. The molecule has 0 saturated carbocycles. The van der Waals surface area contributed by atoms with E-state index in [4.69, 9.17) is 4.99 Å². The summed E-state index contributed by atoms with van der Waals surface area (Å²) in [7, 11) is 0. The molecule has 1 aliphatic rings. The summed E-state index contributed by atoms with van der Waals surface area (Å²) >= 11 is 0. The van der Waals surface area contributed by atoms with Crippen molar-refractivity contribution in [3.05, 3.63) is 185 Å². The van der Waals surface area contributed by atoms with Crippen LogP contribution in [0, 0.1) is 13.8 Å². The molecule has 0 bridgehead atoms. The second-order valence-corrected chi connectivity index (χ2v) is 13.2. The standard InChI is InChI=1S/C46H40N2/c1-31-23-24-36(27-39(31)40-28-41-38-21-12-13-22-42(38)46(3,4)43(41)25-32(40)2)35-19-14-20-37(26-35)44(47-5)29-45(34-17-10-7-11-18-34)48-30-33-15-8-6-9-16-33/h6-29H,5,30H2,1-4H3/b44-29-,48-45?. The van der Waals surface area contributed by atoms with Crippen molar-refractivity contribution in [1.29, 1.82) is 0 Å². The summed E-state index contributed by atoms with van der Waals surface area (Å²) in [6, 6.07) is 49.7. The van der Waals surface area contributed by atoms with E-state index in [1.807, 2.05) is 36.4 Å². The van der Waals surface area contributed by atoms with Crippen LogP contribution in [0.3, 0.4) is 0 Å². The maximum Gasteiger partial charge on any atom is 0.0716 e. The number of rotatable bonds is 8. The van der Waals surface area contributed by atoms with Crippen LogP contribution in [0.15, 0.2) is 156 Å². The van der Waals surface area contributed by atoms with Crippen molar-refractivity contribution >= 4 is 18.1 Å². The van der Waals surface area contributed by atoms with E-state index in [1.54, 1.807) is 0 Å². The molecule has 0 aromatic heterocycles. The molecule has 0 amide bonds. The number of benzene rings is 6. The largest absolute Gasteiger partial charge is 0.280 e. The summed E-state index contributed by atoms with van der Waals surface area (Å²) in [5, 5.41) is 0. The zero-order chi connectivity index (χ0) is 33.3. The highest BCUT2D eigenvalue weighted by Crippen LogP contribution is 2.50. The maximum absolute atomic E-state index is 5.02. The van der Waals surface area contributed by atoms with Gasteiger partial charge in [0, 0.05) is 11.0 Å². The Labute approximate surface area is 284 Å². The normalized spacial score (nSPS) is 13.6. The summed E-state index contributed by atoms with van der Waals surface area (Å²) in [5.74, 6) is 0. The Morgan fingerprint density at radius 3 is 2.02 bits per heavy atom. The van der Waals surface area contributed by atoms with Gasteiger partial charge in [0.05, 0.1) is 18.0 Å². The van der Waals surface area contributed by atoms with Gasteiger partial charge in [0.2, 0.25) is 0 Å². The van der Waals surface area contributed by atoms with E-state index in [1.165, 1.54) is 50.1 Å². The first kappa shape index (κ1) is 31.0. The summed E-state index contributed by atoms with van der Waals surface area (Å²) in [4.78, 5) is 9.52. The van der Waals surface area contributed by atoms with Crippen molar-refractivity contribution < 1.29 is 0 Å². The fraction of sp³-hybridized carbons (Fsp3) is 0.130. The molecule has 0 N–H and O–H groups in total. The van der Waals surface area contributed by atoms with Gasteiger partial charge >= 0.3 is 0 Å². The van der Waals surface area contributed by atoms with E-state index < -0.39 is 0 Å². The van der Waals surface area contributed by atoms with Gasteiger partial charge in [-0.25, -0.2) is 0 Å². The summed E-state index contributed by atoms with van der Waals surface area (Å²) in [6.07, 6.45) is 2.05. The van der Waals surface area contributed by atoms with Gasteiger partial charge in [-0.05, 0) is 112 Å². The van der Waals surface area contributed by atoms with Crippen molar-refractivity contribution in [2.24, 2.45) is 9.98 Å². The van der Waals surface area contributed by atoms with E-state index in [-0.39, 0.29) is 5.41 Å². The van der Waals surface area contributed by atoms with Gasteiger partial charge in [-0.15, -0.1) is 0 Å². The molecule has 6 aromatic carbocycles. The molecule has 0 unspecified atom stereocenters. The first-order valence-corrected chi connectivity index (χ1v) is 16.6. The predicted molar refractivity (Wildman–Crippen MR) is 205 cm³/mol. The molecule has 0 saturated heterocycles. The van der Waals surface area contributed by atoms with Crippen LogP contribution in [0.2, 0.25) is 0 Å². The number of aliphatic imine (C=N–C) groups is 2. The van der Waals surface area contributed by atoms with Crippen LogP contribution < -0.4 is 0 Å². The van der Waals surface area contributed by atoms with Gasteiger partial charge in [0.1, 0.15) is 0 Å². The number of fused-ring (bicyclic) bond motifs is 3. The molecule has 0 heterocycles. The summed E-state index contributed by atoms with van der Waals surface area (Å²) in [6.45, 7) is 13.7. The second kappa shape index (κ2) is 12.9. The Balaban J connectivity index is 1.27. The Kier molecular flexibility index (Phi) is 8.33. The van der Waals surface area contributed by atoms with Crippen LogP contribution >= 0.6 is 0 Å². The second-order valence-electron chi connectivity index (χ2n) is 13.2. The summed E-state index contributed by atoms with van der Waals surface area (Å²) < 4.78 is 0. The smallest absolute Gasteiger partial charge is 0.0716 e. The van der Waals surface area contributed by atoms with Crippen molar-refractivity contribution in [2.75, 3.05) is 0 Å². The van der Waals surface area contributed by atoms with E-state index in [0.717, 1.165) is 33.7 Å². The van der Waals surface area contributed by atoms with E-state index in [9.17, 15) is 0 Å². The minimum Gasteiger partial charge on any atom is -0.280 e. The Hall–Kier alpha value is -5.60. The van der Waals surface area contributed by atoms with Crippen LogP contribution in [0.25, 0.3) is 39.1 Å². The van der Waals surface area contributed by atoms with E-state index in [0.29, 0.717) is 6.54 Å². The lowest BCUT2D eigenvalue weighted by Gasteiger charge is -2.22. The van der Waals surface area contributed by atoms with Crippen LogP contribution in [0.5, 0.6) is 0 Å². The molecule has 0 fully saturated rings. The van der Waals surface area contributed by atoms with E-state index >= 15 is 0 Å². The van der Waals surface area contributed by atoms with Crippen molar-refractivity contribution in [3.8, 4) is 33.4 Å². The lowest BCUT2D eigenvalue weighted by atomic mass is 9.81. The highest BCUT2D eigenvalue weighted by atomic mass is 14.8. The Morgan fingerprint density at radius 1 is 0.583 bits per heavy atom. The zero-order valence-corrected chi connectivity index (χ0v) is 28.2. The molecule has 48 heavy (non-hydrogen) atoms. The molecular weight excluding hydrogens is 581 g/mol. The molecule has 2 heteroatoms. The average Bonchev–Trinajstić information content (AvgIpc) is 3.34. The number of nitrogens with zero attached hydrogens (tertiary/aromatic N) is 2. The van der Waals surface area contributed by atoms with Crippen molar-refractivity contribution in [1.82, 2.24) is 0 Å². The Morgan fingerprint density at radius 2 is 1.25 bits per heavy atom. The number of hydrogen-bond acceptors (Lipinski definition) is 2. The van der Waals surface area contributed by atoms with Crippen LogP contribution in [0.4, 0.5) is 0 Å². The highest BCUT2D eigenvalue weighted by molar-refractivity contribution is 6.12. The third kappa shape index (κ3) is 5.87. The SMILES string of the molecule is C=N/C(=C\C(=NCc1ccccc1)c1ccccc1)c1cccc(-c2ccc(C)c(-c3cc4c(cc3C)C(C)(C)c3ccccc3-4)c2)c1. The number of hydrogen-bond donors (Lipinski definition) is 0. The molecule has 1 aliphatic carbocycles. The number of allylic oxidation sites excluding steroid dienone is 1. The maximum atomic E-state index is 5.02. The lowest BCUT2D eigenvalue weighted by molar-refractivity contribution is 0.660. The number of aryl methyl sites for hydroxylation is 2. The fourth-order valence-electron chi connectivity index (χ4n) is 7.03. The van der Waals surface area contributed by atoms with Gasteiger partial charge in [0.25, 0.3) is 0 Å². The van der Waals surface area contributed by atoms with Crippen LogP contribution in [-0.2, 0) is 12.0 Å². The molecule has 234 valence electrons. The topological polar surface area (TPSA) is 24.7 Å². The van der Waals surface area contributed by atoms with Gasteiger partial charge in [-0.2, -0.15) is 0 Å². The molecule has 0 atom stereocenters. The lowest BCUT2D eigenvalue weighted by Crippen LogP contribution is -2.15. The molecular formula is C46H40N2. The molecule has 0 aliphatic heterocycles. The summed E-state index contributed by atoms with van der Waals surface area (Å²) in [5.41, 5.74) is 17.8. The minimum atomic E-state index is -0.0103. The van der Waals surface area contributed by atoms with Gasteiger partial charge in [-0.1, -0.05) is 135 Å². The first-order chi connectivity index (χ1) is 23.3. The highest BCUT2D eigenvalue weighted by Gasteiger charge is 2.35.